The molecule has 376 valence electrons. The summed E-state index contributed by atoms with van der Waals surface area (Å²) in [6.45, 7) is 5.50. The van der Waals surface area contributed by atoms with Crippen molar-refractivity contribution in [1.82, 2.24) is 29.4 Å². The Hall–Kier alpha value is -5.80. The third kappa shape index (κ3) is 13.2. The number of sulfonamides is 1. The Balaban J connectivity index is 1.24. The number of aromatic nitrogens is 4. The molecule has 0 aliphatic carbocycles. The highest BCUT2D eigenvalue weighted by Crippen LogP contribution is 2.48. The van der Waals surface area contributed by atoms with Crippen LogP contribution < -0.4 is 33.3 Å². The van der Waals surface area contributed by atoms with Crippen LogP contribution in [-0.2, 0) is 38.4 Å². The first-order valence-corrected chi connectivity index (χ1v) is 27.6. The first kappa shape index (κ1) is 54.0. The average Bonchev–Trinajstić information content (AvgIpc) is 3.35. The number of rotatable bonds is 23. The zero-order valence-electron chi connectivity index (χ0n) is 39.5. The van der Waals surface area contributed by atoms with Gasteiger partial charge in [-0.25, -0.2) is 37.0 Å². The van der Waals surface area contributed by atoms with Crippen molar-refractivity contribution in [3.63, 3.8) is 0 Å². The van der Waals surface area contributed by atoms with Gasteiger partial charge in [0.25, 0.3) is 0 Å². The number of anilines is 1. The smallest absolute Gasteiger partial charge is 0.228 e. The molecule has 3 atom stereocenters. The van der Waals surface area contributed by atoms with Gasteiger partial charge in [0.1, 0.15) is 42.7 Å². The van der Waals surface area contributed by atoms with Crippen molar-refractivity contribution in [3.05, 3.63) is 147 Å². The lowest BCUT2D eigenvalue weighted by Gasteiger charge is -2.39. The van der Waals surface area contributed by atoms with Gasteiger partial charge in [-0.05, 0) is 83.6 Å². The lowest BCUT2D eigenvalue weighted by Crippen LogP contribution is -2.59. The molecule has 1 saturated heterocycles. The van der Waals surface area contributed by atoms with E-state index in [4.69, 9.17) is 65.4 Å². The minimum atomic E-state index is -3.35. The number of hydrogen-bond donors (Lipinski definition) is 2. The van der Waals surface area contributed by atoms with Gasteiger partial charge in [-0.15, -0.1) is 23.2 Å². The molecule has 1 fully saturated rings. The van der Waals surface area contributed by atoms with Gasteiger partial charge in [0.2, 0.25) is 21.9 Å². The number of hydrogen-bond acceptors (Lipinski definition) is 14. The number of ether oxygens (including phenoxy) is 4. The van der Waals surface area contributed by atoms with Crippen molar-refractivity contribution in [1.29, 1.82) is 10.5 Å². The zero-order chi connectivity index (χ0) is 51.6. The van der Waals surface area contributed by atoms with E-state index >= 15 is 0 Å². The van der Waals surface area contributed by atoms with Crippen molar-refractivity contribution in [3.8, 4) is 46.8 Å². The Morgan fingerprint density at radius 3 is 1.71 bits per heavy atom. The summed E-state index contributed by atoms with van der Waals surface area (Å²) in [5, 5.41) is 21.3. The van der Waals surface area contributed by atoms with Crippen molar-refractivity contribution < 1.29 is 31.6 Å². The number of nitrogens with zero attached hydrogens (tertiary/aromatic N) is 7. The third-order valence-corrected chi connectivity index (χ3v) is 14.3. The topological polar surface area (TPSA) is 215 Å². The molecule has 6 aromatic rings. The van der Waals surface area contributed by atoms with Crippen molar-refractivity contribution in [2.45, 2.75) is 50.1 Å². The second-order valence-corrected chi connectivity index (χ2v) is 21.7. The predicted molar refractivity (Wildman–Crippen MR) is 279 cm³/mol. The Bertz CT molecular complexity index is 3110. The fraction of sp³-hybridized carbons (Fsp3) is 0.320. The van der Waals surface area contributed by atoms with Gasteiger partial charge in [0, 0.05) is 42.4 Å². The molecule has 2 N–H and O–H groups in total. The number of halogens is 4. The lowest BCUT2D eigenvalue weighted by molar-refractivity contribution is 0.341. The first-order valence-electron chi connectivity index (χ1n) is 22.3. The van der Waals surface area contributed by atoms with E-state index in [0.717, 1.165) is 28.5 Å². The molecule has 22 heteroatoms. The van der Waals surface area contributed by atoms with E-state index in [1.54, 1.807) is 48.9 Å². The van der Waals surface area contributed by atoms with Crippen molar-refractivity contribution in [2.75, 3.05) is 55.5 Å². The summed E-state index contributed by atoms with van der Waals surface area (Å²) in [4.78, 5) is 19.4. The lowest BCUT2D eigenvalue weighted by atomic mass is 9.65. The van der Waals surface area contributed by atoms with Gasteiger partial charge in [0.05, 0.1) is 75.2 Å². The van der Waals surface area contributed by atoms with Crippen LogP contribution in [0.5, 0.6) is 34.6 Å². The highest BCUT2D eigenvalue weighted by molar-refractivity contribution is 7.88. The molecule has 1 aliphatic rings. The maximum Gasteiger partial charge on any atom is 0.228 e. The van der Waals surface area contributed by atoms with Crippen LogP contribution in [0.4, 0.5) is 5.95 Å². The van der Waals surface area contributed by atoms with E-state index in [2.05, 4.69) is 55.4 Å². The Kier molecular flexibility index (Phi) is 17.9. The summed E-state index contributed by atoms with van der Waals surface area (Å²) in [5.41, 5.74) is 1.97. The van der Waals surface area contributed by atoms with Crippen LogP contribution in [0.15, 0.2) is 97.5 Å². The Morgan fingerprint density at radius 1 is 0.750 bits per heavy atom. The molecule has 3 heterocycles. The number of nitrogens with one attached hydrogen (secondary N) is 2. The largest absolute Gasteiger partial charge is 0.489 e. The molecule has 0 amide bonds. The number of nitriles is 2. The van der Waals surface area contributed by atoms with E-state index in [1.165, 1.54) is 6.26 Å². The molecule has 1 aliphatic heterocycles. The van der Waals surface area contributed by atoms with Crippen LogP contribution in [0.1, 0.15) is 65.9 Å². The highest BCUT2D eigenvalue weighted by atomic mass is 35.5. The minimum absolute atomic E-state index is 0.146. The quantitative estimate of drug-likeness (QED) is 0.0572. The van der Waals surface area contributed by atoms with Crippen LogP contribution in [0.3, 0.4) is 0 Å². The third-order valence-electron chi connectivity index (χ3n) is 12.1. The summed E-state index contributed by atoms with van der Waals surface area (Å²) in [6, 6.07) is 28.2. The average molecular weight is 1090 g/mol. The molecular weight excluding hydrogens is 1040 g/mol. The second-order valence-electron chi connectivity index (χ2n) is 17.2. The fourth-order valence-electron chi connectivity index (χ4n) is 8.23. The van der Waals surface area contributed by atoms with Gasteiger partial charge < -0.3 is 23.8 Å². The Morgan fingerprint density at radius 2 is 1.25 bits per heavy atom. The fourth-order valence-corrected chi connectivity index (χ4v) is 10.0. The molecular formula is C50H49Cl4N9O7S2. The molecule has 3 unspecified atom stereocenters. The second kappa shape index (κ2) is 23.8. The van der Waals surface area contributed by atoms with Crippen molar-refractivity contribution in [2.24, 2.45) is 0 Å². The minimum Gasteiger partial charge on any atom is -0.489 e. The van der Waals surface area contributed by atoms with E-state index < -0.39 is 31.8 Å². The molecule has 16 nitrogen and oxygen atoms in total. The summed E-state index contributed by atoms with van der Waals surface area (Å²) < 4.78 is 64.3. The molecule has 2 aromatic heterocycles. The molecule has 4 aromatic carbocycles. The van der Waals surface area contributed by atoms with Crippen LogP contribution in [-0.4, -0.2) is 89.2 Å². The molecule has 7 rings (SSSR count). The normalized spacial score (nSPS) is 14.7. The van der Waals surface area contributed by atoms with E-state index in [9.17, 15) is 23.2 Å². The zero-order valence-corrected chi connectivity index (χ0v) is 44.2. The maximum atomic E-state index is 11.7. The van der Waals surface area contributed by atoms with Crippen LogP contribution >= 0.6 is 46.4 Å². The van der Waals surface area contributed by atoms with Crippen LogP contribution in [0, 0.1) is 22.7 Å². The molecule has 0 spiro atoms. The van der Waals surface area contributed by atoms with Crippen LogP contribution in [0.25, 0.3) is 0 Å². The summed E-state index contributed by atoms with van der Waals surface area (Å²) in [5.74, 6) is 3.41. The SMILES string of the molecule is CS(=O)NCc1ncc(Oc2ccc(C(C)(CCC(C)(c3ccc(Oc4ccnc(N5CC(NS(C)(=O)=O)C5)n4)cc3)c3cc(Cl)c(OCCCl)c(C#N)c3)c3cc(Cl)c(OCCCl)c(C#N)c3)cc2)cn1. The highest BCUT2D eigenvalue weighted by Gasteiger charge is 2.38. The first-order chi connectivity index (χ1) is 34.4. The predicted octanol–water partition coefficient (Wildman–Crippen LogP) is 9.35. The number of alkyl halides is 2. The van der Waals surface area contributed by atoms with Crippen molar-refractivity contribution >= 4 is 73.4 Å². The summed E-state index contributed by atoms with van der Waals surface area (Å²) in [7, 11) is -4.57. The maximum absolute atomic E-state index is 11.7. The van der Waals surface area contributed by atoms with Gasteiger partial charge in [-0.2, -0.15) is 15.5 Å². The summed E-state index contributed by atoms with van der Waals surface area (Å²) >= 11 is 25.8. The molecule has 0 radical (unpaired) electrons. The number of benzene rings is 4. The van der Waals surface area contributed by atoms with Gasteiger partial charge in [-0.3, -0.25) is 0 Å². The molecule has 0 saturated carbocycles. The molecule has 0 bridgehead atoms. The van der Waals surface area contributed by atoms with E-state index in [-0.39, 0.29) is 70.2 Å². The summed E-state index contributed by atoms with van der Waals surface area (Å²) in [6.07, 6.45) is 8.20. The monoisotopic (exact) mass is 1090 g/mol. The van der Waals surface area contributed by atoms with Gasteiger partial charge in [0.15, 0.2) is 17.2 Å². The Labute approximate surface area is 441 Å². The van der Waals surface area contributed by atoms with Gasteiger partial charge in [-0.1, -0.05) is 61.3 Å². The van der Waals surface area contributed by atoms with E-state index in [0.29, 0.717) is 60.8 Å². The molecule has 72 heavy (non-hydrogen) atoms. The van der Waals surface area contributed by atoms with E-state index in [1.807, 2.05) is 53.4 Å². The van der Waals surface area contributed by atoms with Crippen LogP contribution in [0.2, 0.25) is 10.0 Å². The van der Waals surface area contributed by atoms with Gasteiger partial charge >= 0.3 is 0 Å². The standard InChI is InChI=1S/C50H49Cl4N9O7S2/c1-49(36-21-32(25-55)46(42(53)23-36)67-19-16-51,34-5-9-39(10-6-34)69-41-27-58-44(59-28-41)29-60-71(3)64)14-15-50(2,37-22-33(26-56)47(43(54)24-37)68-20-17-52)35-7-11-40(12-8-35)70-45-13-18-57-48(61-45)63-30-38(31-63)62-72(4,65)66/h5-13,18,21-24,27-28,38,60,62H,14-17,19-20,29-31H2,1-4H3.